The highest BCUT2D eigenvalue weighted by Gasteiger charge is 2.37. The molecule has 0 fully saturated rings. The van der Waals surface area contributed by atoms with E-state index in [0.717, 1.165) is 55.8 Å². The van der Waals surface area contributed by atoms with E-state index in [4.69, 9.17) is 18.9 Å². The summed E-state index contributed by atoms with van der Waals surface area (Å²) in [5, 5.41) is 6.61. The van der Waals surface area contributed by atoms with Crippen molar-refractivity contribution in [1.82, 2.24) is 10.6 Å². The number of methoxy groups -OCH3 is 1. The van der Waals surface area contributed by atoms with Gasteiger partial charge >= 0.3 is 11.9 Å². The van der Waals surface area contributed by atoms with E-state index in [2.05, 4.69) is 10.6 Å². The summed E-state index contributed by atoms with van der Waals surface area (Å²) < 4.78 is 22.4. The molecule has 208 valence electrons. The van der Waals surface area contributed by atoms with Crippen LogP contribution in [0, 0.1) is 0 Å². The Labute approximate surface area is 230 Å². The Morgan fingerprint density at radius 1 is 0.897 bits per heavy atom. The molecule has 2 heterocycles. The summed E-state index contributed by atoms with van der Waals surface area (Å²) in [4.78, 5) is 25.9. The molecule has 2 unspecified atom stereocenters. The largest absolute Gasteiger partial charge is 0.486 e. The Morgan fingerprint density at radius 3 is 2.31 bits per heavy atom. The molecule has 4 rings (SSSR count). The van der Waals surface area contributed by atoms with Crippen molar-refractivity contribution in [2.45, 2.75) is 51.6 Å². The number of ether oxygens (including phenoxy) is 4. The second kappa shape index (κ2) is 13.8. The van der Waals surface area contributed by atoms with Crippen molar-refractivity contribution in [3.05, 3.63) is 82.7 Å². The fourth-order valence-electron chi connectivity index (χ4n) is 5.00. The van der Waals surface area contributed by atoms with Crippen molar-refractivity contribution in [2.75, 3.05) is 33.4 Å². The maximum atomic E-state index is 13.2. The van der Waals surface area contributed by atoms with Gasteiger partial charge in [0.2, 0.25) is 0 Å². The van der Waals surface area contributed by atoms with E-state index in [0.29, 0.717) is 35.8 Å². The molecule has 39 heavy (non-hydrogen) atoms. The van der Waals surface area contributed by atoms with Gasteiger partial charge in [-0.2, -0.15) is 0 Å². The zero-order chi connectivity index (χ0) is 27.6. The zero-order valence-electron chi connectivity index (χ0n) is 23.0. The van der Waals surface area contributed by atoms with E-state index in [1.54, 1.807) is 0 Å². The van der Waals surface area contributed by atoms with Crippen LogP contribution in [0.3, 0.4) is 0 Å². The number of carbonyl (C=O) groups is 2. The first-order valence-corrected chi connectivity index (χ1v) is 13.6. The first kappa shape index (κ1) is 28.2. The van der Waals surface area contributed by atoms with Crippen LogP contribution in [0.1, 0.15) is 51.0 Å². The smallest absolute Gasteiger partial charge is 0.336 e. The van der Waals surface area contributed by atoms with Crippen LogP contribution in [-0.2, 0) is 19.1 Å². The Morgan fingerprint density at radius 2 is 1.56 bits per heavy atom. The number of hydrogen-bond donors (Lipinski definition) is 2. The van der Waals surface area contributed by atoms with Gasteiger partial charge in [0.25, 0.3) is 0 Å². The van der Waals surface area contributed by atoms with E-state index < -0.39 is 17.9 Å². The second-order valence-corrected chi connectivity index (χ2v) is 9.79. The summed E-state index contributed by atoms with van der Waals surface area (Å²) in [5.74, 6) is 0.161. The third-order valence-corrected chi connectivity index (χ3v) is 6.94. The normalized spacial score (nSPS) is 18.4. The summed E-state index contributed by atoms with van der Waals surface area (Å²) in [6.45, 7) is 6.15. The fraction of sp³-hybridized carbons (Fsp3) is 0.419. The van der Waals surface area contributed by atoms with Crippen molar-refractivity contribution >= 4 is 11.9 Å². The molecule has 0 aliphatic carbocycles. The predicted octanol–water partition coefficient (Wildman–Crippen LogP) is 4.63. The van der Waals surface area contributed by atoms with Crippen LogP contribution in [0.25, 0.3) is 0 Å². The molecular weight excluding hydrogens is 496 g/mol. The minimum atomic E-state index is -0.550. The SMILES string of the molecule is COC(=O)C1=C(C)NC(C)=C(C(=O)OCCCCCCNCC2COc3ccccc3O2)C1c1ccccc1. The lowest BCUT2D eigenvalue weighted by molar-refractivity contribution is -0.139. The summed E-state index contributed by atoms with van der Waals surface area (Å²) in [6.07, 6.45) is 3.78. The van der Waals surface area contributed by atoms with Gasteiger partial charge in [0.1, 0.15) is 12.7 Å². The number of esters is 2. The number of dihydropyridines is 1. The zero-order valence-corrected chi connectivity index (χ0v) is 23.0. The lowest BCUT2D eigenvalue weighted by Gasteiger charge is -2.30. The van der Waals surface area contributed by atoms with Gasteiger partial charge in [0.05, 0.1) is 30.8 Å². The number of allylic oxidation sites excluding steroid dienone is 2. The molecule has 0 spiro atoms. The Hall–Kier alpha value is -3.78. The molecule has 0 aromatic heterocycles. The van der Waals surface area contributed by atoms with E-state index >= 15 is 0 Å². The van der Waals surface area contributed by atoms with Gasteiger partial charge in [-0.15, -0.1) is 0 Å². The molecule has 0 radical (unpaired) electrons. The van der Waals surface area contributed by atoms with Gasteiger partial charge in [-0.1, -0.05) is 55.3 Å². The van der Waals surface area contributed by atoms with Crippen molar-refractivity contribution in [3.63, 3.8) is 0 Å². The van der Waals surface area contributed by atoms with Crippen LogP contribution in [-0.4, -0.2) is 51.5 Å². The number of rotatable bonds is 12. The monoisotopic (exact) mass is 534 g/mol. The highest BCUT2D eigenvalue weighted by atomic mass is 16.6. The van der Waals surface area contributed by atoms with E-state index in [9.17, 15) is 9.59 Å². The number of carbonyl (C=O) groups excluding carboxylic acids is 2. The Kier molecular flexibility index (Phi) is 10.0. The van der Waals surface area contributed by atoms with Crippen LogP contribution in [0.5, 0.6) is 11.5 Å². The van der Waals surface area contributed by atoms with Crippen LogP contribution >= 0.6 is 0 Å². The average Bonchev–Trinajstić information content (AvgIpc) is 2.95. The highest BCUT2D eigenvalue weighted by molar-refractivity contribution is 5.99. The lowest BCUT2D eigenvalue weighted by atomic mass is 9.80. The molecule has 2 aromatic rings. The van der Waals surface area contributed by atoms with E-state index in [1.165, 1.54) is 7.11 Å². The van der Waals surface area contributed by atoms with Gasteiger partial charge in [-0.05, 0) is 50.9 Å². The van der Waals surface area contributed by atoms with Crippen molar-refractivity contribution in [2.24, 2.45) is 0 Å². The minimum absolute atomic E-state index is 0.00407. The summed E-state index contributed by atoms with van der Waals surface area (Å²) in [6, 6.07) is 17.2. The third-order valence-electron chi connectivity index (χ3n) is 6.94. The highest BCUT2D eigenvalue weighted by Crippen LogP contribution is 2.39. The molecule has 0 bridgehead atoms. The molecule has 0 amide bonds. The molecule has 8 heteroatoms. The van der Waals surface area contributed by atoms with Crippen molar-refractivity contribution in [1.29, 1.82) is 0 Å². The van der Waals surface area contributed by atoms with Gasteiger partial charge in [-0.3, -0.25) is 0 Å². The second-order valence-electron chi connectivity index (χ2n) is 9.79. The molecule has 8 nitrogen and oxygen atoms in total. The number of benzene rings is 2. The number of unbranched alkanes of at least 4 members (excludes halogenated alkanes) is 3. The maximum Gasteiger partial charge on any atom is 0.336 e. The fourth-order valence-corrected chi connectivity index (χ4v) is 5.00. The lowest BCUT2D eigenvalue weighted by Crippen LogP contribution is -2.38. The quantitative estimate of drug-likeness (QED) is 0.301. The first-order chi connectivity index (χ1) is 19.0. The average molecular weight is 535 g/mol. The molecule has 2 atom stereocenters. The van der Waals surface area contributed by atoms with Crippen molar-refractivity contribution in [3.8, 4) is 11.5 Å². The van der Waals surface area contributed by atoms with E-state index in [1.807, 2.05) is 68.4 Å². The van der Waals surface area contributed by atoms with Crippen LogP contribution in [0.4, 0.5) is 0 Å². The van der Waals surface area contributed by atoms with E-state index in [-0.39, 0.29) is 6.10 Å². The molecule has 0 saturated carbocycles. The summed E-state index contributed by atoms with van der Waals surface area (Å²) in [5.41, 5.74) is 3.05. The van der Waals surface area contributed by atoms with Crippen molar-refractivity contribution < 1.29 is 28.5 Å². The van der Waals surface area contributed by atoms with Gasteiger partial charge in [0, 0.05) is 17.9 Å². The standard InChI is InChI=1S/C31H38N2O6/c1-21-27(30(34)36-3)29(23-13-7-6-8-14-23)28(22(2)33-21)31(35)37-18-12-5-4-11-17-32-19-24-20-38-25-15-9-10-16-26(25)39-24/h6-10,13-16,24,29,32-33H,4-5,11-12,17-20H2,1-3H3. The van der Waals surface area contributed by atoms with Gasteiger partial charge < -0.3 is 29.6 Å². The minimum Gasteiger partial charge on any atom is -0.486 e. The molecular formula is C31H38N2O6. The van der Waals surface area contributed by atoms with Gasteiger partial charge in [-0.25, -0.2) is 9.59 Å². The Bertz CT molecular complexity index is 1210. The summed E-state index contributed by atoms with van der Waals surface area (Å²) in [7, 11) is 1.35. The number of nitrogens with one attached hydrogen (secondary N) is 2. The van der Waals surface area contributed by atoms with Crippen LogP contribution in [0.2, 0.25) is 0 Å². The topological polar surface area (TPSA) is 95.1 Å². The van der Waals surface area contributed by atoms with Gasteiger partial charge in [0.15, 0.2) is 11.5 Å². The maximum absolute atomic E-state index is 13.2. The number of fused-ring (bicyclic) bond motifs is 1. The van der Waals surface area contributed by atoms with Crippen LogP contribution in [0.15, 0.2) is 77.1 Å². The first-order valence-electron chi connectivity index (χ1n) is 13.6. The number of para-hydroxylation sites is 2. The molecule has 0 saturated heterocycles. The molecule has 2 aromatic carbocycles. The molecule has 2 N–H and O–H groups in total. The summed E-state index contributed by atoms with van der Waals surface area (Å²) >= 11 is 0. The third kappa shape index (κ3) is 7.20. The predicted molar refractivity (Wildman–Crippen MR) is 148 cm³/mol. The molecule has 2 aliphatic heterocycles. The number of hydrogen-bond acceptors (Lipinski definition) is 8. The molecule has 2 aliphatic rings. The van der Waals surface area contributed by atoms with Crippen LogP contribution < -0.4 is 20.1 Å². The Balaban J connectivity index is 1.19.